The van der Waals surface area contributed by atoms with Gasteiger partial charge in [0, 0.05) is 6.55 Å². The molecule has 0 aromatic heterocycles. The molecule has 0 radical (unpaired) electrons. The molecule has 0 heterocycles. The Morgan fingerprint density at radius 3 is 1.05 bits per heavy atom. The first-order valence-electron chi connectivity index (χ1n) is 15.2. The van der Waals surface area contributed by atoms with Gasteiger partial charge in [-0.1, -0.05) is 19.4 Å². The van der Waals surface area contributed by atoms with E-state index in [4.69, 9.17) is 20.6 Å². The van der Waals surface area contributed by atoms with Crippen molar-refractivity contribution in [1.29, 1.82) is 0 Å². The Hall–Kier alpha value is 1.28. The average Bonchev–Trinajstić information content (AvgIpc) is 2.60. The third-order valence-electron chi connectivity index (χ3n) is 6.67. The molecule has 1 unspecified atom stereocenters. The first-order valence-corrected chi connectivity index (χ1v) is 39.5. The minimum absolute atomic E-state index is 1.01. The smallest absolute Gasteiger partial charge is 0.456 e. The molecule has 13 heteroatoms. The molecule has 0 rings (SSSR count). The summed E-state index contributed by atoms with van der Waals surface area (Å²) in [6.07, 6.45) is 3.17. The van der Waals surface area contributed by atoms with E-state index in [-0.39, 0.29) is 0 Å². The molecular formula is C26H68O5Si8. The largest absolute Gasteiger partial charge is 0.466 e. The van der Waals surface area contributed by atoms with Crippen LogP contribution in [0.25, 0.3) is 0 Å². The van der Waals surface area contributed by atoms with Crippen LogP contribution in [0.3, 0.4) is 0 Å². The minimum atomic E-state index is -2.85. The summed E-state index contributed by atoms with van der Waals surface area (Å²) in [5.74, 6) is 0. The van der Waals surface area contributed by atoms with E-state index in [1.165, 1.54) is 0 Å². The number of allylic oxidation sites excluding steroid dienone is 1. The lowest BCUT2D eigenvalue weighted by atomic mass is 10.6. The molecule has 0 aliphatic carbocycles. The van der Waals surface area contributed by atoms with Crippen LogP contribution in [-0.2, 0) is 20.6 Å². The summed E-state index contributed by atoms with van der Waals surface area (Å²) < 4.78 is 34.9. The predicted octanol–water partition coefficient (Wildman–Crippen LogP) is 10.3. The summed E-state index contributed by atoms with van der Waals surface area (Å²) in [5.41, 5.74) is 0. The highest BCUT2D eigenvalue weighted by Gasteiger charge is 2.49. The second-order valence-electron chi connectivity index (χ2n) is 16.3. The molecule has 0 aromatic carbocycles. The molecule has 0 saturated heterocycles. The van der Waals surface area contributed by atoms with Gasteiger partial charge in [-0.25, -0.2) is 0 Å². The molecule has 0 fully saturated rings. The van der Waals surface area contributed by atoms with E-state index in [9.17, 15) is 0 Å². The second-order valence-corrected chi connectivity index (χ2v) is 50.3. The van der Waals surface area contributed by atoms with Crippen molar-refractivity contribution in [2.24, 2.45) is 0 Å². The van der Waals surface area contributed by atoms with Crippen molar-refractivity contribution in [3.05, 3.63) is 12.7 Å². The molecule has 0 bridgehead atoms. The molecule has 39 heavy (non-hydrogen) atoms. The van der Waals surface area contributed by atoms with Gasteiger partial charge < -0.3 is 20.6 Å². The molecule has 0 aliphatic rings. The van der Waals surface area contributed by atoms with Gasteiger partial charge in [0.25, 0.3) is 0 Å². The van der Waals surface area contributed by atoms with Gasteiger partial charge in [0.2, 0.25) is 0 Å². The number of hydrogen-bond donors (Lipinski definition) is 0. The lowest BCUT2D eigenvalue weighted by Crippen LogP contribution is -2.60. The zero-order valence-electron chi connectivity index (χ0n) is 29.3. The molecular weight excluding hydrogens is 617 g/mol. The van der Waals surface area contributed by atoms with E-state index in [1.807, 2.05) is 6.08 Å². The highest BCUT2D eigenvalue weighted by Crippen LogP contribution is 2.34. The normalized spacial score (nSPS) is 16.3. The summed E-state index contributed by atoms with van der Waals surface area (Å²) in [4.78, 5) is 0. The SMILES string of the molecule is C=CC[Si](C)(C)O[Si](C)(C)CC[Si](C)(C)O[Si](C)(O[Si](C)(C)CCC)O[Si](C)(C)CC[Si](C)(C)O[Si](C)(C)C. The summed E-state index contributed by atoms with van der Waals surface area (Å²) in [7, 11) is -15.7. The topological polar surface area (TPSA) is 46.2 Å². The lowest BCUT2D eigenvalue weighted by molar-refractivity contribution is 0.258. The van der Waals surface area contributed by atoms with Gasteiger partial charge in [-0.15, -0.1) is 6.58 Å². The van der Waals surface area contributed by atoms with Crippen LogP contribution in [-0.4, -0.2) is 67.0 Å². The van der Waals surface area contributed by atoms with E-state index in [0.717, 1.165) is 42.7 Å². The summed E-state index contributed by atoms with van der Waals surface area (Å²) in [6, 6.07) is 6.58. The maximum Gasteiger partial charge on any atom is 0.466 e. The van der Waals surface area contributed by atoms with Crippen LogP contribution in [0, 0.1) is 0 Å². The van der Waals surface area contributed by atoms with Crippen molar-refractivity contribution in [2.75, 3.05) is 0 Å². The number of hydrogen-bond acceptors (Lipinski definition) is 5. The zero-order valence-corrected chi connectivity index (χ0v) is 37.3. The Labute approximate surface area is 253 Å². The van der Waals surface area contributed by atoms with Gasteiger partial charge >= 0.3 is 8.80 Å². The Bertz CT molecular complexity index is 766. The van der Waals surface area contributed by atoms with Crippen LogP contribution in [0.4, 0.5) is 0 Å². The Kier molecular flexibility index (Phi) is 15.3. The Morgan fingerprint density at radius 1 is 0.436 bits per heavy atom. The van der Waals surface area contributed by atoms with Crippen molar-refractivity contribution in [2.45, 2.75) is 154 Å². The third-order valence-corrected chi connectivity index (χ3v) is 36.6. The highest BCUT2D eigenvalue weighted by atomic mass is 28.5. The lowest BCUT2D eigenvalue weighted by Gasteiger charge is -2.44. The van der Waals surface area contributed by atoms with E-state index in [0.29, 0.717) is 0 Å². The maximum atomic E-state index is 7.18. The van der Waals surface area contributed by atoms with Crippen molar-refractivity contribution >= 4 is 67.0 Å². The maximum absolute atomic E-state index is 7.18. The van der Waals surface area contributed by atoms with Gasteiger partial charge in [0.15, 0.2) is 58.2 Å². The molecule has 0 aromatic rings. The van der Waals surface area contributed by atoms with Crippen molar-refractivity contribution in [1.82, 2.24) is 0 Å². The van der Waals surface area contributed by atoms with Crippen LogP contribution in [0.1, 0.15) is 13.3 Å². The average molecular weight is 686 g/mol. The van der Waals surface area contributed by atoms with Gasteiger partial charge in [-0.05, 0) is 134 Å². The van der Waals surface area contributed by atoms with Crippen molar-refractivity contribution in [3.8, 4) is 0 Å². The molecule has 5 nitrogen and oxygen atoms in total. The zero-order chi connectivity index (χ0) is 31.2. The molecule has 234 valence electrons. The summed E-state index contributed by atoms with van der Waals surface area (Å²) >= 11 is 0. The first kappa shape index (κ1) is 40.3. The summed E-state index contributed by atoms with van der Waals surface area (Å²) in [6.45, 7) is 43.6. The van der Waals surface area contributed by atoms with Crippen LogP contribution < -0.4 is 0 Å². The second kappa shape index (κ2) is 14.8. The molecule has 0 N–H and O–H groups in total. The van der Waals surface area contributed by atoms with Crippen LogP contribution in [0.5, 0.6) is 0 Å². The molecule has 0 spiro atoms. The Balaban J connectivity index is 5.77. The van der Waals surface area contributed by atoms with Gasteiger partial charge in [0.05, 0.1) is 0 Å². The molecule has 0 saturated carbocycles. The first-order chi connectivity index (χ1) is 17.1. The minimum Gasteiger partial charge on any atom is -0.456 e. The third kappa shape index (κ3) is 19.2. The molecule has 1 atom stereocenters. The summed E-state index contributed by atoms with van der Waals surface area (Å²) in [5, 5.41) is 0. The van der Waals surface area contributed by atoms with E-state index < -0.39 is 67.0 Å². The standard InChI is InChI=1S/C26H68O5Si8/c1-19-21-33(6,7)28-36(12,13)24-26-38(16,17)31-39(18,29-34(8,9)22-20-2)30-37(14,15)25-23-35(10,11)27-32(3,4)5/h19H,1,20-26H2,2-18H3. The van der Waals surface area contributed by atoms with Gasteiger partial charge in [-0.2, -0.15) is 0 Å². The van der Waals surface area contributed by atoms with Gasteiger partial charge in [0.1, 0.15) is 0 Å². The molecule has 0 amide bonds. The predicted molar refractivity (Wildman–Crippen MR) is 195 cm³/mol. The van der Waals surface area contributed by atoms with Gasteiger partial charge in [-0.3, -0.25) is 0 Å². The van der Waals surface area contributed by atoms with E-state index in [1.54, 1.807) is 0 Å². The fraction of sp³-hybridized carbons (Fsp3) is 0.923. The van der Waals surface area contributed by atoms with Crippen LogP contribution in [0.2, 0.25) is 141 Å². The van der Waals surface area contributed by atoms with Crippen LogP contribution >= 0.6 is 0 Å². The van der Waals surface area contributed by atoms with Crippen molar-refractivity contribution in [3.63, 3.8) is 0 Å². The fourth-order valence-electron chi connectivity index (χ4n) is 5.60. The Morgan fingerprint density at radius 2 is 0.744 bits per heavy atom. The quantitative estimate of drug-likeness (QED) is 0.0943. The monoisotopic (exact) mass is 684 g/mol. The molecule has 0 aliphatic heterocycles. The fourth-order valence-corrected chi connectivity index (χ4v) is 45.8. The van der Waals surface area contributed by atoms with Crippen molar-refractivity contribution < 1.29 is 20.6 Å². The van der Waals surface area contributed by atoms with E-state index in [2.05, 4.69) is 118 Å². The number of rotatable bonds is 20. The highest BCUT2D eigenvalue weighted by molar-refractivity contribution is 6.92. The van der Waals surface area contributed by atoms with E-state index >= 15 is 0 Å². The van der Waals surface area contributed by atoms with Crippen LogP contribution in [0.15, 0.2) is 12.7 Å².